The maximum absolute atomic E-state index is 10.5. The molecule has 0 fully saturated rings. The predicted octanol–water partition coefficient (Wildman–Crippen LogP) is 2.37. The zero-order chi connectivity index (χ0) is 13.8. The van der Waals surface area contributed by atoms with Crippen LogP contribution in [0.2, 0.25) is 0 Å². The average Bonchev–Trinajstić information content (AvgIpc) is 2.45. The van der Waals surface area contributed by atoms with Crippen LogP contribution < -0.4 is 15.2 Å². The lowest BCUT2D eigenvalue weighted by Crippen LogP contribution is -2.03. The molecule has 2 aromatic rings. The summed E-state index contributed by atoms with van der Waals surface area (Å²) in [6.07, 6.45) is -0.812. The molecule has 0 heterocycles. The minimum absolute atomic E-state index is 0.607. The summed E-state index contributed by atoms with van der Waals surface area (Å²) in [5.41, 5.74) is 7.70. The smallest absolute Gasteiger partial charge is 0.125 e. The monoisotopic (exact) mass is 259 g/mol. The Morgan fingerprint density at radius 2 is 1.84 bits per heavy atom. The molecule has 0 spiro atoms. The van der Waals surface area contributed by atoms with Gasteiger partial charge >= 0.3 is 0 Å². The van der Waals surface area contributed by atoms with Crippen LogP contribution in [0.25, 0.3) is 0 Å². The van der Waals surface area contributed by atoms with Crippen molar-refractivity contribution >= 4 is 5.69 Å². The van der Waals surface area contributed by atoms with E-state index in [1.54, 1.807) is 50.6 Å². The molecule has 0 amide bonds. The van der Waals surface area contributed by atoms with Gasteiger partial charge in [0.05, 0.1) is 14.2 Å². The van der Waals surface area contributed by atoms with E-state index in [0.29, 0.717) is 28.3 Å². The number of ether oxygens (including phenoxy) is 2. The summed E-state index contributed by atoms with van der Waals surface area (Å²) in [4.78, 5) is 0. The summed E-state index contributed by atoms with van der Waals surface area (Å²) in [5, 5.41) is 10.5. The summed E-state index contributed by atoms with van der Waals surface area (Å²) in [7, 11) is 3.15. The lowest BCUT2D eigenvalue weighted by Gasteiger charge is -2.16. The van der Waals surface area contributed by atoms with Crippen molar-refractivity contribution in [3.63, 3.8) is 0 Å². The third kappa shape index (κ3) is 2.80. The number of aliphatic hydroxyl groups excluding tert-OH is 1. The molecule has 100 valence electrons. The van der Waals surface area contributed by atoms with Crippen LogP contribution in [0.1, 0.15) is 17.2 Å². The summed E-state index contributed by atoms with van der Waals surface area (Å²) in [5.74, 6) is 1.27. The predicted molar refractivity (Wildman–Crippen MR) is 74.5 cm³/mol. The van der Waals surface area contributed by atoms with Crippen molar-refractivity contribution in [1.29, 1.82) is 0 Å². The number of benzene rings is 2. The second-order valence-electron chi connectivity index (χ2n) is 4.18. The minimum atomic E-state index is -0.812. The summed E-state index contributed by atoms with van der Waals surface area (Å²) < 4.78 is 10.4. The summed E-state index contributed by atoms with van der Waals surface area (Å²) in [6.45, 7) is 0. The van der Waals surface area contributed by atoms with E-state index in [1.165, 1.54) is 0 Å². The van der Waals surface area contributed by atoms with Crippen molar-refractivity contribution in [2.75, 3.05) is 20.0 Å². The number of nitrogen functional groups attached to an aromatic ring is 1. The number of nitrogens with two attached hydrogens (primary N) is 1. The molecule has 19 heavy (non-hydrogen) atoms. The van der Waals surface area contributed by atoms with Crippen LogP contribution >= 0.6 is 0 Å². The van der Waals surface area contributed by atoms with E-state index in [4.69, 9.17) is 15.2 Å². The lowest BCUT2D eigenvalue weighted by atomic mass is 10.00. The van der Waals surface area contributed by atoms with Crippen molar-refractivity contribution in [3.05, 3.63) is 53.6 Å². The largest absolute Gasteiger partial charge is 0.497 e. The molecular formula is C15H17NO3. The summed E-state index contributed by atoms with van der Waals surface area (Å²) in [6, 6.07) is 12.5. The minimum Gasteiger partial charge on any atom is -0.497 e. The summed E-state index contributed by atoms with van der Waals surface area (Å²) >= 11 is 0. The molecule has 0 radical (unpaired) electrons. The number of rotatable bonds is 4. The third-order valence-corrected chi connectivity index (χ3v) is 2.96. The van der Waals surface area contributed by atoms with E-state index in [9.17, 15) is 5.11 Å². The molecule has 4 nitrogen and oxygen atoms in total. The molecule has 0 bridgehead atoms. The van der Waals surface area contributed by atoms with Gasteiger partial charge in [-0.15, -0.1) is 0 Å². The van der Waals surface area contributed by atoms with E-state index in [2.05, 4.69) is 0 Å². The fraction of sp³-hybridized carbons (Fsp3) is 0.200. The molecule has 0 aliphatic rings. The highest BCUT2D eigenvalue weighted by Gasteiger charge is 2.16. The van der Waals surface area contributed by atoms with Gasteiger partial charge in [-0.1, -0.05) is 12.1 Å². The van der Waals surface area contributed by atoms with E-state index < -0.39 is 6.10 Å². The van der Waals surface area contributed by atoms with Gasteiger partial charge < -0.3 is 20.3 Å². The van der Waals surface area contributed by atoms with Gasteiger partial charge in [-0.3, -0.25) is 0 Å². The van der Waals surface area contributed by atoms with Crippen molar-refractivity contribution in [2.45, 2.75) is 6.10 Å². The fourth-order valence-corrected chi connectivity index (χ4v) is 1.96. The molecule has 0 saturated heterocycles. The molecular weight excluding hydrogens is 242 g/mol. The van der Waals surface area contributed by atoms with E-state index in [-0.39, 0.29) is 0 Å². The topological polar surface area (TPSA) is 64.7 Å². The van der Waals surface area contributed by atoms with E-state index >= 15 is 0 Å². The Balaban J connectivity index is 2.44. The first kappa shape index (κ1) is 13.2. The quantitative estimate of drug-likeness (QED) is 0.827. The highest BCUT2D eigenvalue weighted by atomic mass is 16.5. The second-order valence-corrected chi connectivity index (χ2v) is 4.18. The second kappa shape index (κ2) is 5.63. The fourth-order valence-electron chi connectivity index (χ4n) is 1.96. The van der Waals surface area contributed by atoms with Gasteiger partial charge in [0.2, 0.25) is 0 Å². The van der Waals surface area contributed by atoms with Crippen molar-refractivity contribution < 1.29 is 14.6 Å². The first-order chi connectivity index (χ1) is 9.15. The van der Waals surface area contributed by atoms with Gasteiger partial charge in [-0.05, 0) is 35.9 Å². The van der Waals surface area contributed by atoms with E-state index in [0.717, 1.165) is 0 Å². The molecule has 4 heteroatoms. The number of methoxy groups -OCH3 is 2. The maximum Gasteiger partial charge on any atom is 0.125 e. The Morgan fingerprint density at radius 1 is 1.05 bits per heavy atom. The van der Waals surface area contributed by atoms with Crippen molar-refractivity contribution in [2.24, 2.45) is 0 Å². The first-order valence-electron chi connectivity index (χ1n) is 5.91. The van der Waals surface area contributed by atoms with Crippen LogP contribution in [0, 0.1) is 0 Å². The average molecular weight is 259 g/mol. The molecule has 0 saturated carbocycles. The molecule has 2 aromatic carbocycles. The maximum atomic E-state index is 10.5. The molecule has 0 aliphatic carbocycles. The normalized spacial score (nSPS) is 11.9. The van der Waals surface area contributed by atoms with Gasteiger partial charge in [-0.2, -0.15) is 0 Å². The molecule has 0 aliphatic heterocycles. The van der Waals surface area contributed by atoms with Crippen LogP contribution in [0.5, 0.6) is 11.5 Å². The SMILES string of the molecule is COc1ccc(OC)c(C(O)c2cccc(N)c2)c1. The van der Waals surface area contributed by atoms with Crippen LogP contribution in [0.4, 0.5) is 5.69 Å². The Hall–Kier alpha value is -2.20. The van der Waals surface area contributed by atoms with Gasteiger partial charge in [-0.25, -0.2) is 0 Å². The Kier molecular flexibility index (Phi) is 3.92. The molecule has 2 rings (SSSR count). The zero-order valence-electron chi connectivity index (χ0n) is 11.0. The molecule has 3 N–H and O–H groups in total. The van der Waals surface area contributed by atoms with Crippen LogP contribution in [-0.2, 0) is 0 Å². The highest BCUT2D eigenvalue weighted by molar-refractivity contribution is 5.48. The molecule has 0 aromatic heterocycles. The standard InChI is InChI=1S/C15H17NO3/c1-18-12-6-7-14(19-2)13(9-12)15(17)10-4-3-5-11(16)8-10/h3-9,15,17H,16H2,1-2H3. The van der Waals surface area contributed by atoms with Gasteiger partial charge in [0.1, 0.15) is 17.6 Å². The Labute approximate surface area is 112 Å². The van der Waals surface area contributed by atoms with Crippen molar-refractivity contribution in [3.8, 4) is 11.5 Å². The molecule has 1 unspecified atom stereocenters. The number of hydrogen-bond acceptors (Lipinski definition) is 4. The number of hydrogen-bond donors (Lipinski definition) is 2. The van der Waals surface area contributed by atoms with Crippen molar-refractivity contribution in [1.82, 2.24) is 0 Å². The third-order valence-electron chi connectivity index (χ3n) is 2.96. The van der Waals surface area contributed by atoms with E-state index in [1.807, 2.05) is 6.07 Å². The number of anilines is 1. The van der Waals surface area contributed by atoms with Crippen LogP contribution in [-0.4, -0.2) is 19.3 Å². The Morgan fingerprint density at radius 3 is 2.47 bits per heavy atom. The van der Waals surface area contributed by atoms with Crippen LogP contribution in [0.3, 0.4) is 0 Å². The molecule has 1 atom stereocenters. The lowest BCUT2D eigenvalue weighted by molar-refractivity contribution is 0.214. The Bertz CT molecular complexity index is 569. The zero-order valence-corrected chi connectivity index (χ0v) is 11.0. The van der Waals surface area contributed by atoms with Gasteiger partial charge in [0, 0.05) is 11.3 Å². The highest BCUT2D eigenvalue weighted by Crippen LogP contribution is 2.33. The number of aliphatic hydroxyl groups is 1. The van der Waals surface area contributed by atoms with Crippen LogP contribution in [0.15, 0.2) is 42.5 Å². The van der Waals surface area contributed by atoms with Gasteiger partial charge in [0.15, 0.2) is 0 Å². The van der Waals surface area contributed by atoms with Gasteiger partial charge in [0.25, 0.3) is 0 Å². The first-order valence-corrected chi connectivity index (χ1v) is 5.91.